The van der Waals surface area contributed by atoms with Crippen molar-refractivity contribution >= 4 is 23.8 Å². The van der Waals surface area contributed by atoms with Crippen molar-refractivity contribution in [1.82, 2.24) is 10.6 Å². The zero-order valence-electron chi connectivity index (χ0n) is 12.0. The zero-order valence-corrected chi connectivity index (χ0v) is 12.8. The number of nitrogens with one attached hydrogen (secondary N) is 2. The highest BCUT2D eigenvalue weighted by Crippen LogP contribution is 2.21. The van der Waals surface area contributed by atoms with Gasteiger partial charge in [0.15, 0.2) is 0 Å². The van der Waals surface area contributed by atoms with Crippen molar-refractivity contribution in [3.63, 3.8) is 0 Å². The monoisotopic (exact) mass is 312 g/mol. The molecule has 7 heteroatoms. The molecular formula is C14H20N2O4S. The van der Waals surface area contributed by atoms with Crippen LogP contribution in [0.3, 0.4) is 0 Å². The van der Waals surface area contributed by atoms with Gasteiger partial charge in [-0.25, -0.2) is 9.59 Å². The Labute approximate surface area is 127 Å². The third-order valence-electron chi connectivity index (χ3n) is 3.51. The van der Waals surface area contributed by atoms with Crippen LogP contribution in [0.15, 0.2) is 10.5 Å². The number of rotatable bonds is 5. The SMILES string of the molecule is Cc1oc(CNC(=O)NCC2CCSCC2)cc1C(=O)O. The second-order valence-corrected chi connectivity index (χ2v) is 6.33. The van der Waals surface area contributed by atoms with E-state index in [1.54, 1.807) is 6.92 Å². The van der Waals surface area contributed by atoms with E-state index in [0.717, 1.165) is 24.3 Å². The van der Waals surface area contributed by atoms with Gasteiger partial charge in [0.1, 0.15) is 17.1 Å². The highest BCUT2D eigenvalue weighted by atomic mass is 32.2. The number of carbonyl (C=O) groups is 2. The molecule has 0 spiro atoms. The highest BCUT2D eigenvalue weighted by molar-refractivity contribution is 7.99. The maximum atomic E-state index is 11.7. The van der Waals surface area contributed by atoms with Gasteiger partial charge in [-0.05, 0) is 43.3 Å². The van der Waals surface area contributed by atoms with Gasteiger partial charge >= 0.3 is 12.0 Å². The second kappa shape index (κ2) is 7.40. The standard InChI is InChI=1S/C14H20N2O4S/c1-9-12(13(17)18)6-11(20-9)8-16-14(19)15-7-10-2-4-21-5-3-10/h6,10H,2-5,7-8H2,1H3,(H,17,18)(H2,15,16,19). The lowest BCUT2D eigenvalue weighted by Crippen LogP contribution is -2.38. The van der Waals surface area contributed by atoms with Gasteiger partial charge in [0, 0.05) is 6.54 Å². The molecule has 2 heterocycles. The number of urea groups is 1. The summed E-state index contributed by atoms with van der Waals surface area (Å²) in [6, 6.07) is 1.19. The Hall–Kier alpha value is -1.63. The summed E-state index contributed by atoms with van der Waals surface area (Å²) in [5.41, 5.74) is 0.131. The number of hydrogen-bond donors (Lipinski definition) is 3. The Morgan fingerprint density at radius 1 is 1.38 bits per heavy atom. The van der Waals surface area contributed by atoms with Gasteiger partial charge in [-0.1, -0.05) is 0 Å². The van der Waals surface area contributed by atoms with Gasteiger partial charge in [0.2, 0.25) is 0 Å². The average Bonchev–Trinajstić information content (AvgIpc) is 2.85. The Balaban J connectivity index is 1.73. The maximum Gasteiger partial charge on any atom is 0.339 e. The quantitative estimate of drug-likeness (QED) is 0.775. The third kappa shape index (κ3) is 4.70. The van der Waals surface area contributed by atoms with E-state index < -0.39 is 5.97 Å². The molecular weight excluding hydrogens is 292 g/mol. The summed E-state index contributed by atoms with van der Waals surface area (Å²) in [7, 11) is 0. The Kier molecular flexibility index (Phi) is 5.55. The fourth-order valence-electron chi connectivity index (χ4n) is 2.26. The lowest BCUT2D eigenvalue weighted by atomic mass is 10.0. The van der Waals surface area contributed by atoms with Crippen LogP contribution in [0.2, 0.25) is 0 Å². The van der Waals surface area contributed by atoms with Crippen molar-refractivity contribution in [3.05, 3.63) is 23.2 Å². The van der Waals surface area contributed by atoms with Crippen LogP contribution in [0.5, 0.6) is 0 Å². The molecule has 0 saturated carbocycles. The molecule has 1 fully saturated rings. The van der Waals surface area contributed by atoms with E-state index >= 15 is 0 Å². The van der Waals surface area contributed by atoms with E-state index in [1.165, 1.54) is 6.07 Å². The van der Waals surface area contributed by atoms with Gasteiger partial charge in [-0.3, -0.25) is 0 Å². The number of hydrogen-bond acceptors (Lipinski definition) is 4. The molecule has 0 radical (unpaired) electrons. The molecule has 1 aliphatic rings. The molecule has 116 valence electrons. The summed E-state index contributed by atoms with van der Waals surface area (Å²) in [6.45, 7) is 2.46. The Morgan fingerprint density at radius 2 is 2.10 bits per heavy atom. The van der Waals surface area contributed by atoms with Crippen molar-refractivity contribution in [1.29, 1.82) is 0 Å². The van der Waals surface area contributed by atoms with Crippen LogP contribution in [0.4, 0.5) is 4.79 Å². The molecule has 3 N–H and O–H groups in total. The van der Waals surface area contributed by atoms with Crippen LogP contribution in [0.25, 0.3) is 0 Å². The molecule has 1 saturated heterocycles. The molecule has 0 bridgehead atoms. The number of amides is 2. The molecule has 0 aromatic carbocycles. The number of thioether (sulfide) groups is 1. The van der Waals surface area contributed by atoms with E-state index in [2.05, 4.69) is 10.6 Å². The lowest BCUT2D eigenvalue weighted by Gasteiger charge is -2.21. The molecule has 1 aromatic rings. The lowest BCUT2D eigenvalue weighted by molar-refractivity contribution is 0.0695. The van der Waals surface area contributed by atoms with Gasteiger partial charge < -0.3 is 20.2 Å². The molecule has 2 amide bonds. The first-order valence-corrected chi connectivity index (χ1v) is 8.13. The largest absolute Gasteiger partial charge is 0.478 e. The van der Waals surface area contributed by atoms with Crippen LogP contribution >= 0.6 is 11.8 Å². The van der Waals surface area contributed by atoms with Crippen LogP contribution in [-0.4, -0.2) is 35.2 Å². The normalized spacial score (nSPS) is 15.7. The summed E-state index contributed by atoms with van der Waals surface area (Å²) in [4.78, 5) is 22.6. The van der Waals surface area contributed by atoms with E-state index in [4.69, 9.17) is 9.52 Å². The first-order valence-electron chi connectivity index (χ1n) is 6.98. The topological polar surface area (TPSA) is 91.6 Å². The van der Waals surface area contributed by atoms with Crippen LogP contribution in [-0.2, 0) is 6.54 Å². The smallest absolute Gasteiger partial charge is 0.339 e. The summed E-state index contributed by atoms with van der Waals surface area (Å²) in [5.74, 6) is 2.65. The minimum atomic E-state index is -1.03. The summed E-state index contributed by atoms with van der Waals surface area (Å²) >= 11 is 1.96. The van der Waals surface area contributed by atoms with Gasteiger partial charge in [-0.15, -0.1) is 0 Å². The minimum Gasteiger partial charge on any atom is -0.478 e. The van der Waals surface area contributed by atoms with E-state index in [0.29, 0.717) is 24.0 Å². The fraction of sp³-hybridized carbons (Fsp3) is 0.571. The van der Waals surface area contributed by atoms with E-state index in [-0.39, 0.29) is 18.1 Å². The Morgan fingerprint density at radius 3 is 2.71 bits per heavy atom. The molecule has 0 aliphatic carbocycles. The average molecular weight is 312 g/mol. The molecule has 1 aliphatic heterocycles. The van der Waals surface area contributed by atoms with Crippen molar-refractivity contribution < 1.29 is 19.1 Å². The summed E-state index contributed by atoms with van der Waals surface area (Å²) in [6.07, 6.45) is 2.29. The predicted octanol–water partition coefficient (Wildman–Crippen LogP) is 2.23. The number of aromatic carboxylic acids is 1. The number of carboxylic acid groups (broad SMARTS) is 1. The van der Waals surface area contributed by atoms with Crippen molar-refractivity contribution in [2.45, 2.75) is 26.3 Å². The number of aryl methyl sites for hydroxylation is 1. The van der Waals surface area contributed by atoms with Crippen LogP contribution in [0.1, 0.15) is 34.7 Å². The molecule has 2 rings (SSSR count). The molecule has 0 unspecified atom stereocenters. The molecule has 1 aromatic heterocycles. The minimum absolute atomic E-state index is 0.131. The highest BCUT2D eigenvalue weighted by Gasteiger charge is 2.16. The second-order valence-electron chi connectivity index (χ2n) is 5.11. The molecule has 0 atom stereocenters. The van der Waals surface area contributed by atoms with E-state index in [9.17, 15) is 9.59 Å². The Bertz CT molecular complexity index is 509. The zero-order chi connectivity index (χ0) is 15.2. The third-order valence-corrected chi connectivity index (χ3v) is 4.56. The summed E-state index contributed by atoms with van der Waals surface area (Å²) < 4.78 is 5.29. The number of carboxylic acids is 1. The van der Waals surface area contributed by atoms with Gasteiger partial charge in [0.05, 0.1) is 6.54 Å². The van der Waals surface area contributed by atoms with Crippen molar-refractivity contribution in [3.8, 4) is 0 Å². The van der Waals surface area contributed by atoms with Gasteiger partial charge in [-0.2, -0.15) is 11.8 Å². The predicted molar refractivity (Wildman–Crippen MR) is 80.7 cm³/mol. The molecule has 6 nitrogen and oxygen atoms in total. The summed E-state index contributed by atoms with van der Waals surface area (Å²) in [5, 5.41) is 14.4. The van der Waals surface area contributed by atoms with Gasteiger partial charge in [0.25, 0.3) is 0 Å². The fourth-order valence-corrected chi connectivity index (χ4v) is 3.46. The van der Waals surface area contributed by atoms with Crippen LogP contribution in [0, 0.1) is 12.8 Å². The first kappa shape index (κ1) is 15.8. The van der Waals surface area contributed by atoms with E-state index in [1.807, 2.05) is 11.8 Å². The number of carbonyl (C=O) groups excluding carboxylic acids is 1. The maximum absolute atomic E-state index is 11.7. The van der Waals surface area contributed by atoms with Crippen LogP contribution < -0.4 is 10.6 Å². The van der Waals surface area contributed by atoms with Crippen molar-refractivity contribution in [2.75, 3.05) is 18.1 Å². The van der Waals surface area contributed by atoms with Crippen molar-refractivity contribution in [2.24, 2.45) is 5.92 Å². The first-order chi connectivity index (χ1) is 10.1. The number of furan rings is 1. The molecule has 21 heavy (non-hydrogen) atoms.